The minimum Gasteiger partial charge on any atom is -0.511 e. The molecule has 36 valence electrons. The van der Waals surface area contributed by atoms with Crippen molar-refractivity contribution in [2.24, 2.45) is 0 Å². The summed E-state index contributed by atoms with van der Waals surface area (Å²) in [4.78, 5) is 0. The SMILES string of the molecule is OC(=CS)CS. The molecule has 3 heteroatoms. The third kappa shape index (κ3) is 2.48. The normalized spacial score (nSPS) is 12.0. The van der Waals surface area contributed by atoms with Gasteiger partial charge in [0.15, 0.2) is 0 Å². The summed E-state index contributed by atoms with van der Waals surface area (Å²) in [5.41, 5.74) is 0. The van der Waals surface area contributed by atoms with E-state index in [2.05, 4.69) is 25.3 Å². The van der Waals surface area contributed by atoms with Crippen molar-refractivity contribution in [3.8, 4) is 0 Å². The molecule has 0 aliphatic heterocycles. The molecule has 0 aliphatic carbocycles. The van der Waals surface area contributed by atoms with E-state index in [1.54, 1.807) is 0 Å². The second-order valence-corrected chi connectivity index (χ2v) is 1.35. The van der Waals surface area contributed by atoms with Crippen LogP contribution in [0.2, 0.25) is 0 Å². The van der Waals surface area contributed by atoms with Crippen LogP contribution in [0.25, 0.3) is 0 Å². The van der Waals surface area contributed by atoms with Crippen molar-refractivity contribution in [2.45, 2.75) is 0 Å². The maximum atomic E-state index is 8.38. The lowest BCUT2D eigenvalue weighted by Gasteiger charge is -1.83. The second kappa shape index (κ2) is 3.43. The molecular formula is C3H6OS2. The highest BCUT2D eigenvalue weighted by Crippen LogP contribution is 1.91. The van der Waals surface area contributed by atoms with Crippen LogP contribution in [0.15, 0.2) is 11.2 Å². The van der Waals surface area contributed by atoms with Gasteiger partial charge in [0.2, 0.25) is 0 Å². The summed E-state index contributed by atoms with van der Waals surface area (Å²) < 4.78 is 0. The molecule has 0 aliphatic rings. The fourth-order valence-electron chi connectivity index (χ4n) is 0.0408. The van der Waals surface area contributed by atoms with E-state index < -0.39 is 0 Å². The molecule has 1 N–H and O–H groups in total. The van der Waals surface area contributed by atoms with E-state index in [1.807, 2.05) is 0 Å². The van der Waals surface area contributed by atoms with E-state index in [4.69, 9.17) is 5.11 Å². The van der Waals surface area contributed by atoms with Crippen molar-refractivity contribution >= 4 is 25.3 Å². The molecule has 0 saturated heterocycles. The lowest BCUT2D eigenvalue weighted by molar-refractivity contribution is 0.419. The average molecular weight is 122 g/mol. The highest BCUT2D eigenvalue weighted by atomic mass is 32.1. The Labute approximate surface area is 47.9 Å². The van der Waals surface area contributed by atoms with E-state index in [9.17, 15) is 0 Å². The van der Waals surface area contributed by atoms with Gasteiger partial charge in [0.25, 0.3) is 0 Å². The number of rotatable bonds is 1. The van der Waals surface area contributed by atoms with Crippen molar-refractivity contribution < 1.29 is 5.11 Å². The zero-order chi connectivity index (χ0) is 4.99. The Hall–Kier alpha value is 0.240. The number of hydrogen-bond acceptors (Lipinski definition) is 3. The molecule has 1 nitrogen and oxygen atoms in total. The van der Waals surface area contributed by atoms with Gasteiger partial charge < -0.3 is 5.11 Å². The summed E-state index contributed by atoms with van der Waals surface area (Å²) in [5.74, 6) is 0.561. The molecule has 0 aromatic carbocycles. The molecule has 0 bridgehead atoms. The largest absolute Gasteiger partial charge is 0.511 e. The molecule has 0 spiro atoms. The Morgan fingerprint density at radius 1 is 1.83 bits per heavy atom. The van der Waals surface area contributed by atoms with E-state index in [0.717, 1.165) is 0 Å². The summed E-state index contributed by atoms with van der Waals surface area (Å²) in [5, 5.41) is 9.69. The number of hydrogen-bond donors (Lipinski definition) is 3. The summed E-state index contributed by atoms with van der Waals surface area (Å²) in [6, 6.07) is 0. The first-order chi connectivity index (χ1) is 2.81. The third-order valence-corrected chi connectivity index (χ3v) is 0.933. The van der Waals surface area contributed by atoms with Crippen LogP contribution in [-0.2, 0) is 0 Å². The van der Waals surface area contributed by atoms with Gasteiger partial charge in [-0.2, -0.15) is 12.6 Å². The predicted molar refractivity (Wildman–Crippen MR) is 33.6 cm³/mol. The van der Waals surface area contributed by atoms with E-state index in [0.29, 0.717) is 5.75 Å². The minimum atomic E-state index is 0.196. The fourth-order valence-corrected chi connectivity index (χ4v) is 0.367. The first kappa shape index (κ1) is 6.24. The lowest BCUT2D eigenvalue weighted by Crippen LogP contribution is -1.75. The standard InChI is InChI=1S/C3H6OS2/c4-3(1-5)2-6/h1,4-6H,2H2. The molecule has 0 aromatic heterocycles. The zero-order valence-electron chi connectivity index (χ0n) is 3.13. The molecule has 0 atom stereocenters. The molecule has 0 unspecified atom stereocenters. The lowest BCUT2D eigenvalue weighted by atomic mass is 10.7. The molecule has 0 aromatic rings. The van der Waals surface area contributed by atoms with Crippen LogP contribution in [0.1, 0.15) is 0 Å². The average Bonchev–Trinajstić information content (AvgIpc) is 1.65. The van der Waals surface area contributed by atoms with Gasteiger partial charge in [0.05, 0.1) is 0 Å². The van der Waals surface area contributed by atoms with Crippen LogP contribution in [0, 0.1) is 0 Å². The van der Waals surface area contributed by atoms with Crippen molar-refractivity contribution in [3.63, 3.8) is 0 Å². The molecule has 0 amide bonds. The topological polar surface area (TPSA) is 20.2 Å². The van der Waals surface area contributed by atoms with Crippen molar-refractivity contribution in [1.29, 1.82) is 0 Å². The monoisotopic (exact) mass is 122 g/mol. The first-order valence-electron chi connectivity index (χ1n) is 1.44. The van der Waals surface area contributed by atoms with Crippen molar-refractivity contribution in [1.82, 2.24) is 0 Å². The summed E-state index contributed by atoms with van der Waals surface area (Å²) in [6.45, 7) is 0. The van der Waals surface area contributed by atoms with Crippen LogP contribution < -0.4 is 0 Å². The van der Waals surface area contributed by atoms with Crippen molar-refractivity contribution in [3.05, 3.63) is 11.2 Å². The Morgan fingerprint density at radius 3 is 2.33 bits per heavy atom. The first-order valence-corrected chi connectivity index (χ1v) is 2.59. The van der Waals surface area contributed by atoms with Gasteiger partial charge in [-0.3, -0.25) is 0 Å². The highest BCUT2D eigenvalue weighted by Gasteiger charge is 1.78. The van der Waals surface area contributed by atoms with Gasteiger partial charge in [0.1, 0.15) is 5.76 Å². The van der Waals surface area contributed by atoms with E-state index in [-0.39, 0.29) is 5.76 Å². The van der Waals surface area contributed by atoms with Crippen molar-refractivity contribution in [2.75, 3.05) is 5.75 Å². The van der Waals surface area contributed by atoms with E-state index in [1.165, 1.54) is 5.41 Å². The van der Waals surface area contributed by atoms with Crippen LogP contribution >= 0.6 is 25.3 Å². The number of aliphatic hydroxyl groups excluding tert-OH is 1. The molecule has 0 fully saturated rings. The molecule has 6 heavy (non-hydrogen) atoms. The van der Waals surface area contributed by atoms with Crippen LogP contribution in [0.3, 0.4) is 0 Å². The van der Waals surface area contributed by atoms with Crippen LogP contribution in [-0.4, -0.2) is 10.9 Å². The van der Waals surface area contributed by atoms with Gasteiger partial charge >= 0.3 is 0 Å². The molecular weight excluding hydrogens is 116 g/mol. The molecule has 0 radical (unpaired) electrons. The van der Waals surface area contributed by atoms with Gasteiger partial charge in [-0.15, -0.1) is 12.6 Å². The van der Waals surface area contributed by atoms with Crippen LogP contribution in [0.4, 0.5) is 0 Å². The number of aliphatic hydroxyl groups is 1. The number of thiol groups is 2. The van der Waals surface area contributed by atoms with Gasteiger partial charge in [-0.05, 0) is 0 Å². The zero-order valence-corrected chi connectivity index (χ0v) is 4.91. The van der Waals surface area contributed by atoms with Gasteiger partial charge in [0, 0.05) is 11.2 Å². The Balaban J connectivity index is 3.22. The Kier molecular flexibility index (Phi) is 3.57. The van der Waals surface area contributed by atoms with Crippen LogP contribution in [0.5, 0.6) is 0 Å². The van der Waals surface area contributed by atoms with E-state index >= 15 is 0 Å². The van der Waals surface area contributed by atoms with Gasteiger partial charge in [-0.1, -0.05) is 0 Å². The maximum absolute atomic E-state index is 8.38. The Bertz CT molecular complexity index is 59.8. The highest BCUT2D eigenvalue weighted by molar-refractivity contribution is 7.83. The smallest absolute Gasteiger partial charge is 0.108 e. The van der Waals surface area contributed by atoms with Gasteiger partial charge in [-0.25, -0.2) is 0 Å². The minimum absolute atomic E-state index is 0.196. The summed E-state index contributed by atoms with van der Waals surface area (Å²) in [6.07, 6.45) is 0. The summed E-state index contributed by atoms with van der Waals surface area (Å²) >= 11 is 7.36. The molecule has 0 rings (SSSR count). The second-order valence-electron chi connectivity index (χ2n) is 0.779. The third-order valence-electron chi connectivity index (χ3n) is 0.311. The fraction of sp³-hybridized carbons (Fsp3) is 0.333. The molecule has 0 heterocycles. The molecule has 0 saturated carbocycles. The maximum Gasteiger partial charge on any atom is 0.108 e. The Morgan fingerprint density at radius 2 is 2.33 bits per heavy atom. The quantitative estimate of drug-likeness (QED) is 0.353. The summed E-state index contributed by atoms with van der Waals surface area (Å²) in [7, 11) is 0. The predicted octanol–water partition coefficient (Wildman–Crippen LogP) is 1.25.